The number of aryl methyl sites for hydroxylation is 1. The minimum Gasteiger partial charge on any atom is -0.461 e. The Morgan fingerprint density at radius 2 is 2.02 bits per heavy atom. The number of rotatable bonds is 5. The van der Waals surface area contributed by atoms with Crippen LogP contribution >= 0.6 is 23.2 Å². The number of nitrogens with zero attached hydrogens (tertiary/aromatic N) is 7. The van der Waals surface area contributed by atoms with Crippen molar-refractivity contribution in [1.82, 2.24) is 29.5 Å². The molecule has 244 valence electrons. The number of carbonyl (C=O) groups is 1. The van der Waals surface area contributed by atoms with Crippen molar-refractivity contribution in [3.05, 3.63) is 62.0 Å². The Hall–Kier alpha value is -2.99. The van der Waals surface area contributed by atoms with E-state index in [-0.39, 0.29) is 17.1 Å². The van der Waals surface area contributed by atoms with E-state index < -0.39 is 11.8 Å². The highest BCUT2D eigenvalue weighted by Crippen LogP contribution is 2.49. The van der Waals surface area contributed by atoms with Crippen LogP contribution in [0.25, 0.3) is 0 Å². The van der Waals surface area contributed by atoms with Crippen molar-refractivity contribution >= 4 is 34.9 Å². The summed E-state index contributed by atoms with van der Waals surface area (Å²) in [6.45, 7) is 3.78. The zero-order chi connectivity index (χ0) is 31.8. The topological polar surface area (TPSA) is 88.9 Å². The highest BCUT2D eigenvalue weighted by atomic mass is 35.5. The summed E-state index contributed by atoms with van der Waals surface area (Å²) >= 11 is 13.4. The molecule has 6 heterocycles. The van der Waals surface area contributed by atoms with Gasteiger partial charge in [0.05, 0.1) is 40.7 Å². The lowest BCUT2D eigenvalue weighted by molar-refractivity contribution is -0.0730. The maximum Gasteiger partial charge on any atom is 0.318 e. The normalized spacial score (nSPS) is 26.9. The van der Waals surface area contributed by atoms with Gasteiger partial charge in [-0.2, -0.15) is 15.1 Å². The third-order valence-corrected chi connectivity index (χ3v) is 11.4. The number of carbonyl (C=O) groups excluding carboxylic acids is 1. The first-order valence-electron chi connectivity index (χ1n) is 16.2. The second-order valence-electron chi connectivity index (χ2n) is 13.7. The molecule has 1 spiro atoms. The zero-order valence-corrected chi connectivity index (χ0v) is 27.7. The van der Waals surface area contributed by atoms with Gasteiger partial charge in [-0.05, 0) is 55.8 Å². The first-order chi connectivity index (χ1) is 22.2. The first kappa shape index (κ1) is 30.4. The molecule has 46 heavy (non-hydrogen) atoms. The number of benzene rings is 1. The fourth-order valence-electron chi connectivity index (χ4n) is 8.34. The molecular formula is C33H38Cl2FN7O3. The molecule has 2 aromatic heterocycles. The minimum atomic E-state index is -0.842. The van der Waals surface area contributed by atoms with Crippen LogP contribution in [0.2, 0.25) is 10.0 Å². The number of aromatic nitrogens is 4. The summed E-state index contributed by atoms with van der Waals surface area (Å²) in [6, 6.07) is 6.33. The SMILES string of the molecule is CN(C)C(=O)c1nn2c(c1Cl)CN(c1nc(OC[C@@]34CCCN3CC(F)C4)nc3c1CO[C@@]1(CCc4c(Cl)cccc41)C3)CCC2. The molecule has 2 fully saturated rings. The average Bonchev–Trinajstić information content (AvgIpc) is 3.71. The predicted octanol–water partition coefficient (Wildman–Crippen LogP) is 4.96. The number of hydrogen-bond acceptors (Lipinski definition) is 8. The van der Waals surface area contributed by atoms with E-state index in [0.29, 0.717) is 63.3 Å². The van der Waals surface area contributed by atoms with Crippen LogP contribution < -0.4 is 9.64 Å². The van der Waals surface area contributed by atoms with Crippen LogP contribution in [0.3, 0.4) is 0 Å². The molecule has 0 radical (unpaired) electrons. The van der Waals surface area contributed by atoms with Crippen molar-refractivity contribution in [3.8, 4) is 6.01 Å². The average molecular weight is 671 g/mol. The highest BCUT2D eigenvalue weighted by Gasteiger charge is 2.50. The zero-order valence-electron chi connectivity index (χ0n) is 26.2. The first-order valence-corrected chi connectivity index (χ1v) is 17.0. The van der Waals surface area contributed by atoms with Gasteiger partial charge in [-0.3, -0.25) is 14.4 Å². The van der Waals surface area contributed by atoms with E-state index >= 15 is 0 Å². The van der Waals surface area contributed by atoms with Gasteiger partial charge in [0.25, 0.3) is 5.91 Å². The predicted molar refractivity (Wildman–Crippen MR) is 171 cm³/mol. The fraction of sp³-hybridized carbons (Fsp3) is 0.576. The van der Waals surface area contributed by atoms with Crippen molar-refractivity contribution in [2.24, 2.45) is 0 Å². The van der Waals surface area contributed by atoms with Gasteiger partial charge in [0, 0.05) is 57.2 Å². The van der Waals surface area contributed by atoms with Gasteiger partial charge in [0.1, 0.15) is 18.6 Å². The number of alkyl halides is 1. The number of ether oxygens (including phenoxy) is 2. The molecule has 1 aromatic carbocycles. The van der Waals surface area contributed by atoms with Gasteiger partial charge < -0.3 is 19.3 Å². The Morgan fingerprint density at radius 3 is 2.87 bits per heavy atom. The molecule has 1 amide bonds. The molecule has 1 unspecified atom stereocenters. The van der Waals surface area contributed by atoms with E-state index in [1.165, 1.54) is 4.90 Å². The van der Waals surface area contributed by atoms with Gasteiger partial charge in [0.2, 0.25) is 0 Å². The van der Waals surface area contributed by atoms with Crippen LogP contribution in [-0.2, 0) is 42.9 Å². The maximum atomic E-state index is 14.6. The number of hydrogen-bond donors (Lipinski definition) is 0. The summed E-state index contributed by atoms with van der Waals surface area (Å²) in [5.41, 5.74) is 4.26. The van der Waals surface area contributed by atoms with Gasteiger partial charge >= 0.3 is 6.01 Å². The van der Waals surface area contributed by atoms with Crippen molar-refractivity contribution in [2.75, 3.05) is 45.2 Å². The number of halogens is 3. The van der Waals surface area contributed by atoms with Crippen LogP contribution in [0.1, 0.15) is 70.7 Å². The van der Waals surface area contributed by atoms with Crippen molar-refractivity contribution < 1.29 is 18.7 Å². The number of fused-ring (bicyclic) bond motifs is 5. The van der Waals surface area contributed by atoms with Gasteiger partial charge in [-0.15, -0.1) is 0 Å². The fourth-order valence-corrected chi connectivity index (χ4v) is 8.89. The van der Waals surface area contributed by atoms with Crippen LogP contribution in [0.4, 0.5) is 10.2 Å². The van der Waals surface area contributed by atoms with Crippen molar-refractivity contribution in [1.29, 1.82) is 0 Å². The van der Waals surface area contributed by atoms with Crippen molar-refractivity contribution in [3.63, 3.8) is 0 Å². The molecule has 3 atom stereocenters. The monoisotopic (exact) mass is 669 g/mol. The molecular weight excluding hydrogens is 632 g/mol. The smallest absolute Gasteiger partial charge is 0.318 e. The molecule has 0 N–H and O–H groups in total. The number of amides is 1. The Morgan fingerprint density at radius 1 is 1.15 bits per heavy atom. The summed E-state index contributed by atoms with van der Waals surface area (Å²) in [6.07, 6.45) is 4.58. The second kappa shape index (κ2) is 11.3. The molecule has 0 saturated carbocycles. The molecule has 1 aliphatic carbocycles. The molecule has 13 heteroatoms. The maximum absolute atomic E-state index is 14.6. The lowest BCUT2D eigenvalue weighted by Crippen LogP contribution is -2.43. The standard InChI is InChI=1S/C33H38Cl2FN7O3/c1-40(2)30(44)28-27(35)26-17-41(11-5-13-43(26)39-28)29-22-18-46-33(10-8-21-23(33)6-3-7-24(21)34)15-25(22)37-31(38-29)45-19-32-9-4-12-42(32)16-20(36)14-32/h3,6-7,20H,4-5,8-19H2,1-2H3/t20?,32-,33-/m0/s1. The van der Waals surface area contributed by atoms with Crippen molar-refractivity contribution in [2.45, 2.75) is 82.0 Å². The molecule has 4 aliphatic heterocycles. The Kier molecular flexibility index (Phi) is 7.47. The van der Waals surface area contributed by atoms with E-state index in [2.05, 4.69) is 21.0 Å². The Bertz CT molecular complexity index is 1720. The van der Waals surface area contributed by atoms with Crippen LogP contribution in [-0.4, -0.2) is 87.5 Å². The molecule has 3 aromatic rings. The van der Waals surface area contributed by atoms with Gasteiger partial charge in [-0.1, -0.05) is 35.3 Å². The van der Waals surface area contributed by atoms with Crippen LogP contribution in [0, 0.1) is 0 Å². The molecule has 5 aliphatic rings. The third-order valence-electron chi connectivity index (χ3n) is 10.7. The minimum absolute atomic E-state index is 0.231. The summed E-state index contributed by atoms with van der Waals surface area (Å²) in [5, 5.41) is 5.72. The summed E-state index contributed by atoms with van der Waals surface area (Å²) < 4.78 is 29.6. The van der Waals surface area contributed by atoms with E-state index in [9.17, 15) is 9.18 Å². The third kappa shape index (κ3) is 4.88. The lowest BCUT2D eigenvalue weighted by Gasteiger charge is -2.37. The number of anilines is 1. The summed E-state index contributed by atoms with van der Waals surface area (Å²) in [7, 11) is 3.38. The van der Waals surface area contributed by atoms with E-state index in [1.54, 1.807) is 14.1 Å². The van der Waals surface area contributed by atoms with E-state index in [4.69, 9.17) is 42.6 Å². The highest BCUT2D eigenvalue weighted by molar-refractivity contribution is 6.34. The summed E-state index contributed by atoms with van der Waals surface area (Å²) in [5.74, 6) is 0.506. The van der Waals surface area contributed by atoms with Crippen LogP contribution in [0.15, 0.2) is 18.2 Å². The molecule has 0 bridgehead atoms. The molecule has 8 rings (SSSR count). The van der Waals surface area contributed by atoms with Gasteiger partial charge in [-0.25, -0.2) is 4.39 Å². The Balaban J connectivity index is 1.17. The Labute approximate surface area is 277 Å². The quantitative estimate of drug-likeness (QED) is 0.377. The van der Waals surface area contributed by atoms with E-state index in [0.717, 1.165) is 77.6 Å². The van der Waals surface area contributed by atoms with Gasteiger partial charge in [0.15, 0.2) is 5.69 Å². The second-order valence-corrected chi connectivity index (χ2v) is 14.4. The largest absolute Gasteiger partial charge is 0.461 e. The summed E-state index contributed by atoms with van der Waals surface area (Å²) in [4.78, 5) is 28.8. The van der Waals surface area contributed by atoms with E-state index in [1.807, 2.05) is 16.8 Å². The molecule has 10 nitrogen and oxygen atoms in total. The lowest BCUT2D eigenvalue weighted by atomic mass is 9.87. The van der Waals surface area contributed by atoms with Crippen LogP contribution in [0.5, 0.6) is 6.01 Å². The molecule has 2 saturated heterocycles.